The second-order valence-corrected chi connectivity index (χ2v) is 7.96. The van der Waals surface area contributed by atoms with Crippen LogP contribution in [0.1, 0.15) is 32.5 Å². The molecule has 26 heavy (non-hydrogen) atoms. The van der Waals surface area contributed by atoms with Crippen molar-refractivity contribution in [1.29, 1.82) is 0 Å². The Morgan fingerprint density at radius 2 is 2.23 bits per heavy atom. The fourth-order valence-corrected chi connectivity index (χ4v) is 4.33. The fraction of sp³-hybridized carbons (Fsp3) is 0.312. The van der Waals surface area contributed by atoms with Gasteiger partial charge in [0.1, 0.15) is 0 Å². The van der Waals surface area contributed by atoms with Gasteiger partial charge < -0.3 is 0 Å². The number of hydrogen-bond donors (Lipinski definition) is 0. The molecule has 0 fully saturated rings. The summed E-state index contributed by atoms with van der Waals surface area (Å²) in [6.45, 7) is 5.56. The molecule has 0 saturated carbocycles. The Morgan fingerprint density at radius 1 is 1.42 bits per heavy atom. The molecule has 7 nitrogen and oxygen atoms in total. The molecule has 0 radical (unpaired) electrons. The van der Waals surface area contributed by atoms with Crippen LogP contribution in [0.5, 0.6) is 0 Å². The highest BCUT2D eigenvalue weighted by Gasteiger charge is 2.19. The monoisotopic (exact) mass is 408 g/mol. The molecule has 2 aromatic heterocycles. The van der Waals surface area contributed by atoms with Gasteiger partial charge in [-0.15, -0.1) is 16.4 Å². The standard InChI is InChI=1S/C16H17ClN6OS2/c1-10(2)23-16(19-20-21-23)26-9-13-8-25-15(18-13)22(11(3)24)14-6-4-5-12(17)7-14/h4-8,10H,9H2,1-3H3. The summed E-state index contributed by atoms with van der Waals surface area (Å²) < 4.78 is 1.77. The van der Waals surface area contributed by atoms with E-state index in [0.717, 1.165) is 10.9 Å². The number of thioether (sulfide) groups is 1. The van der Waals surface area contributed by atoms with E-state index in [9.17, 15) is 4.79 Å². The third kappa shape index (κ3) is 4.22. The average Bonchev–Trinajstić information content (AvgIpc) is 3.22. The maximum Gasteiger partial charge on any atom is 0.230 e. The number of hydrogen-bond acceptors (Lipinski definition) is 7. The van der Waals surface area contributed by atoms with Crippen molar-refractivity contribution in [1.82, 2.24) is 25.2 Å². The van der Waals surface area contributed by atoms with Crippen LogP contribution >= 0.6 is 34.7 Å². The second kappa shape index (κ2) is 8.15. The molecule has 10 heteroatoms. The van der Waals surface area contributed by atoms with Crippen molar-refractivity contribution in [2.45, 2.75) is 37.7 Å². The summed E-state index contributed by atoms with van der Waals surface area (Å²) in [5.74, 6) is 0.495. The van der Waals surface area contributed by atoms with Crippen molar-refractivity contribution in [3.05, 3.63) is 40.4 Å². The lowest BCUT2D eigenvalue weighted by atomic mass is 10.3. The van der Waals surface area contributed by atoms with Crippen LogP contribution in [0, 0.1) is 0 Å². The second-order valence-electron chi connectivity index (χ2n) is 5.74. The number of tetrazole rings is 1. The number of thiazole rings is 1. The number of rotatable bonds is 6. The van der Waals surface area contributed by atoms with Crippen LogP contribution in [-0.4, -0.2) is 31.1 Å². The first kappa shape index (κ1) is 18.8. The smallest absolute Gasteiger partial charge is 0.230 e. The molecule has 1 amide bonds. The molecule has 1 aromatic carbocycles. The van der Waals surface area contributed by atoms with Crippen molar-refractivity contribution in [3.63, 3.8) is 0 Å². The van der Waals surface area contributed by atoms with Crippen molar-refractivity contribution >= 4 is 51.4 Å². The molecular formula is C16H17ClN6OS2. The van der Waals surface area contributed by atoms with E-state index in [-0.39, 0.29) is 11.9 Å². The highest BCUT2D eigenvalue weighted by molar-refractivity contribution is 7.98. The number of halogens is 1. The summed E-state index contributed by atoms with van der Waals surface area (Å²) >= 11 is 8.98. The Kier molecular flexibility index (Phi) is 5.90. The van der Waals surface area contributed by atoms with Crippen molar-refractivity contribution in [2.75, 3.05) is 4.90 Å². The van der Waals surface area contributed by atoms with Gasteiger partial charge in [0.15, 0.2) is 5.13 Å². The first-order valence-electron chi connectivity index (χ1n) is 7.87. The topological polar surface area (TPSA) is 76.8 Å². The van der Waals surface area contributed by atoms with Crippen molar-refractivity contribution in [2.24, 2.45) is 0 Å². The number of aromatic nitrogens is 5. The van der Waals surface area contributed by atoms with Crippen LogP contribution in [0.15, 0.2) is 34.8 Å². The molecule has 0 aliphatic rings. The highest BCUT2D eigenvalue weighted by Crippen LogP contribution is 2.32. The van der Waals surface area contributed by atoms with Crippen LogP contribution in [-0.2, 0) is 10.5 Å². The predicted molar refractivity (Wildman–Crippen MR) is 104 cm³/mol. The van der Waals surface area contributed by atoms with Gasteiger partial charge in [-0.2, -0.15) is 0 Å². The Hall–Kier alpha value is -1.97. The number of benzene rings is 1. The van der Waals surface area contributed by atoms with Crippen LogP contribution < -0.4 is 4.90 Å². The average molecular weight is 409 g/mol. The molecule has 3 aromatic rings. The quantitative estimate of drug-likeness (QED) is 0.564. The number of amides is 1. The van der Waals surface area contributed by atoms with Crippen LogP contribution in [0.25, 0.3) is 0 Å². The summed E-state index contributed by atoms with van der Waals surface area (Å²) in [4.78, 5) is 18.3. The van der Waals surface area contributed by atoms with Gasteiger partial charge >= 0.3 is 0 Å². The van der Waals surface area contributed by atoms with Gasteiger partial charge in [0.25, 0.3) is 0 Å². The lowest BCUT2D eigenvalue weighted by molar-refractivity contribution is -0.115. The number of anilines is 2. The van der Waals surface area contributed by atoms with E-state index < -0.39 is 0 Å². The lowest BCUT2D eigenvalue weighted by Crippen LogP contribution is -2.22. The minimum atomic E-state index is -0.121. The van der Waals surface area contributed by atoms with Gasteiger partial charge in [-0.25, -0.2) is 9.67 Å². The van der Waals surface area contributed by atoms with E-state index in [1.165, 1.54) is 30.0 Å². The highest BCUT2D eigenvalue weighted by atomic mass is 35.5. The van der Waals surface area contributed by atoms with Crippen LogP contribution in [0.3, 0.4) is 0 Å². The van der Waals surface area contributed by atoms with Gasteiger partial charge in [0.2, 0.25) is 11.1 Å². The van der Waals surface area contributed by atoms with Gasteiger partial charge in [-0.05, 0) is 42.5 Å². The fourth-order valence-electron chi connectivity index (χ4n) is 2.25. The Bertz CT molecular complexity index is 910. The van der Waals surface area contributed by atoms with E-state index in [0.29, 0.717) is 21.6 Å². The molecule has 0 aliphatic heterocycles. The summed E-state index contributed by atoms with van der Waals surface area (Å²) in [5.41, 5.74) is 1.56. The van der Waals surface area contributed by atoms with E-state index in [1.54, 1.807) is 21.7 Å². The number of carbonyl (C=O) groups excluding carboxylic acids is 1. The molecule has 0 spiro atoms. The van der Waals surface area contributed by atoms with E-state index in [4.69, 9.17) is 11.6 Å². The minimum Gasteiger partial charge on any atom is -0.274 e. The molecule has 3 rings (SSSR count). The maximum absolute atomic E-state index is 12.1. The van der Waals surface area contributed by atoms with Gasteiger partial charge in [0.05, 0.1) is 17.4 Å². The summed E-state index contributed by atoms with van der Waals surface area (Å²) in [6, 6.07) is 7.35. The molecule has 0 bridgehead atoms. The third-order valence-electron chi connectivity index (χ3n) is 3.41. The Morgan fingerprint density at radius 3 is 2.92 bits per heavy atom. The SMILES string of the molecule is CC(=O)N(c1cccc(Cl)c1)c1nc(CSc2nnnn2C(C)C)cs1. The first-order chi connectivity index (χ1) is 12.5. The van der Waals surface area contributed by atoms with E-state index in [2.05, 4.69) is 20.5 Å². The zero-order chi connectivity index (χ0) is 18.7. The molecule has 136 valence electrons. The maximum atomic E-state index is 12.1. The zero-order valence-corrected chi connectivity index (χ0v) is 16.8. The predicted octanol–water partition coefficient (Wildman–Crippen LogP) is 4.34. The molecule has 0 saturated heterocycles. The molecule has 0 unspecified atom stereocenters. The van der Waals surface area contributed by atoms with Crippen LogP contribution in [0.2, 0.25) is 5.02 Å². The van der Waals surface area contributed by atoms with Gasteiger partial charge in [-0.3, -0.25) is 9.69 Å². The summed E-state index contributed by atoms with van der Waals surface area (Å²) in [6.07, 6.45) is 0. The molecule has 0 aliphatic carbocycles. The van der Waals surface area contributed by atoms with Gasteiger partial charge in [-0.1, -0.05) is 29.4 Å². The lowest BCUT2D eigenvalue weighted by Gasteiger charge is -2.18. The molecule has 0 atom stereocenters. The molecule has 2 heterocycles. The minimum absolute atomic E-state index is 0.121. The van der Waals surface area contributed by atoms with E-state index in [1.807, 2.05) is 31.4 Å². The summed E-state index contributed by atoms with van der Waals surface area (Å²) in [5, 5.41) is 15.6. The van der Waals surface area contributed by atoms with Crippen LogP contribution in [0.4, 0.5) is 10.8 Å². The summed E-state index contributed by atoms with van der Waals surface area (Å²) in [7, 11) is 0. The van der Waals surface area contributed by atoms with Gasteiger partial charge in [0, 0.05) is 23.1 Å². The van der Waals surface area contributed by atoms with E-state index >= 15 is 0 Å². The Balaban J connectivity index is 1.77. The zero-order valence-electron chi connectivity index (χ0n) is 14.5. The molecule has 0 N–H and O–H groups in total. The molecular weight excluding hydrogens is 392 g/mol. The van der Waals surface area contributed by atoms with Crippen molar-refractivity contribution < 1.29 is 4.79 Å². The van der Waals surface area contributed by atoms with Crippen molar-refractivity contribution in [3.8, 4) is 0 Å². The first-order valence-corrected chi connectivity index (χ1v) is 10.1. The largest absolute Gasteiger partial charge is 0.274 e. The number of carbonyl (C=O) groups is 1. The number of nitrogens with zero attached hydrogens (tertiary/aromatic N) is 6. The Labute approximate surface area is 164 Å². The normalized spacial score (nSPS) is 11.1. The third-order valence-corrected chi connectivity index (χ3v) is 5.49.